The minimum absolute atomic E-state index is 0.205. The van der Waals surface area contributed by atoms with Crippen molar-refractivity contribution < 1.29 is 28.9 Å². The Balaban J connectivity index is 1.50. The first-order valence-electron chi connectivity index (χ1n) is 12.5. The summed E-state index contributed by atoms with van der Waals surface area (Å²) in [6.07, 6.45) is 2.71. The first-order valence-corrected chi connectivity index (χ1v) is 13.3. The van der Waals surface area contributed by atoms with E-state index in [9.17, 15) is 29.7 Å². The second kappa shape index (κ2) is 12.9. The van der Waals surface area contributed by atoms with Crippen LogP contribution in [0.25, 0.3) is 6.08 Å². The molecule has 1 aromatic heterocycles. The Labute approximate surface area is 254 Å². The number of nitrogens with zero attached hydrogens (tertiary/aromatic N) is 5. The van der Waals surface area contributed by atoms with Crippen molar-refractivity contribution in [3.8, 4) is 0 Å². The third-order valence-corrected chi connectivity index (χ3v) is 6.86. The number of rotatable bonds is 9. The maximum absolute atomic E-state index is 13.7. The summed E-state index contributed by atoms with van der Waals surface area (Å²) in [5.41, 5.74) is 1.64. The second-order valence-electron chi connectivity index (χ2n) is 9.63. The van der Waals surface area contributed by atoms with Gasteiger partial charge in [-0.2, -0.15) is 10.2 Å². The van der Waals surface area contributed by atoms with Crippen molar-refractivity contribution in [2.75, 3.05) is 16.8 Å². The summed E-state index contributed by atoms with van der Waals surface area (Å²) >= 11 is 11.9. The van der Waals surface area contributed by atoms with E-state index in [4.69, 9.17) is 27.6 Å². The SMILES string of the molecule is CC1(C)C(N(O)C(=O)Nc2ccc(Cl)cc2)N(c2ccc(Cl)cc2)C(=O)N1CC(=O)N/N=C/C=C/c1ccc([N+](=O)[O-])o1. The van der Waals surface area contributed by atoms with Gasteiger partial charge in [0.05, 0.1) is 11.6 Å². The van der Waals surface area contributed by atoms with Crippen LogP contribution in [0.3, 0.4) is 0 Å². The minimum Gasteiger partial charge on any atom is -0.401 e. The molecule has 0 radical (unpaired) electrons. The van der Waals surface area contributed by atoms with Crippen LogP contribution in [0.1, 0.15) is 19.6 Å². The number of urea groups is 2. The lowest BCUT2D eigenvalue weighted by atomic mass is 9.99. The summed E-state index contributed by atoms with van der Waals surface area (Å²) < 4.78 is 4.98. The molecule has 1 atom stereocenters. The van der Waals surface area contributed by atoms with Gasteiger partial charge in [-0.15, -0.1) is 0 Å². The van der Waals surface area contributed by atoms with Crippen molar-refractivity contribution in [2.24, 2.45) is 5.10 Å². The Kier molecular flexibility index (Phi) is 9.34. The fraction of sp³-hybridized carbons (Fsp3) is 0.185. The smallest absolute Gasteiger partial charge is 0.401 e. The number of anilines is 2. The number of nitro groups is 1. The summed E-state index contributed by atoms with van der Waals surface area (Å²) in [4.78, 5) is 52.0. The molecule has 2 aromatic carbocycles. The fourth-order valence-electron chi connectivity index (χ4n) is 4.29. The van der Waals surface area contributed by atoms with E-state index in [1.807, 2.05) is 0 Å². The Morgan fingerprint density at radius 2 is 1.74 bits per heavy atom. The molecule has 1 aliphatic heterocycles. The number of carbonyl (C=O) groups is 3. The van der Waals surface area contributed by atoms with Gasteiger partial charge in [-0.3, -0.25) is 25.0 Å². The molecule has 4 rings (SSSR count). The second-order valence-corrected chi connectivity index (χ2v) is 10.5. The standard InChI is InChI=1S/C27H25Cl2N7O7/c1-27(2)24(35(40)25(38)31-19-9-5-17(28)6-10-19)34(20-11-7-18(29)8-12-20)26(39)33(27)16-22(37)32-30-15-3-4-21-13-14-23(43-21)36(41)42/h3-15,24,40H,16H2,1-2H3,(H,31,38)(H,32,37)/b4-3+,30-15+. The number of furan rings is 1. The van der Waals surface area contributed by atoms with Crippen molar-refractivity contribution in [3.63, 3.8) is 0 Å². The van der Waals surface area contributed by atoms with Gasteiger partial charge >= 0.3 is 17.9 Å². The molecule has 43 heavy (non-hydrogen) atoms. The van der Waals surface area contributed by atoms with Crippen LogP contribution >= 0.6 is 23.2 Å². The van der Waals surface area contributed by atoms with Gasteiger partial charge in [0.25, 0.3) is 5.91 Å². The number of allylic oxidation sites excluding steroid dienone is 1. The maximum atomic E-state index is 13.7. The van der Waals surface area contributed by atoms with Crippen molar-refractivity contribution in [3.05, 3.63) is 92.7 Å². The molecule has 3 N–H and O–H groups in total. The van der Waals surface area contributed by atoms with E-state index in [-0.39, 0.29) is 5.76 Å². The van der Waals surface area contributed by atoms with Crippen LogP contribution in [-0.4, -0.2) is 62.5 Å². The van der Waals surface area contributed by atoms with E-state index in [2.05, 4.69) is 15.8 Å². The molecule has 14 nitrogen and oxygen atoms in total. The van der Waals surface area contributed by atoms with Gasteiger partial charge in [0.1, 0.15) is 17.2 Å². The number of halogens is 2. The first kappa shape index (κ1) is 31.0. The lowest BCUT2D eigenvalue weighted by Crippen LogP contribution is -2.58. The lowest BCUT2D eigenvalue weighted by Gasteiger charge is -2.38. The molecule has 1 unspecified atom stereocenters. The Morgan fingerprint density at radius 3 is 2.35 bits per heavy atom. The molecule has 0 aliphatic carbocycles. The predicted octanol–water partition coefficient (Wildman–Crippen LogP) is 5.58. The highest BCUT2D eigenvalue weighted by molar-refractivity contribution is 6.31. The molecule has 2 heterocycles. The molecule has 0 spiro atoms. The van der Waals surface area contributed by atoms with E-state index in [0.717, 1.165) is 0 Å². The molecule has 0 bridgehead atoms. The number of carbonyl (C=O) groups excluding carboxylic acids is 3. The summed E-state index contributed by atoms with van der Waals surface area (Å²) in [6, 6.07) is 13.4. The Hall–Kier alpha value is -4.92. The summed E-state index contributed by atoms with van der Waals surface area (Å²) in [5.74, 6) is -0.889. The molecule has 1 fully saturated rings. The Bertz CT molecular complexity index is 1570. The zero-order valence-electron chi connectivity index (χ0n) is 22.7. The van der Waals surface area contributed by atoms with Crippen LogP contribution in [0, 0.1) is 10.1 Å². The van der Waals surface area contributed by atoms with Gasteiger partial charge in [-0.25, -0.2) is 15.0 Å². The molecule has 1 saturated heterocycles. The van der Waals surface area contributed by atoms with Crippen molar-refractivity contribution in [1.82, 2.24) is 15.4 Å². The van der Waals surface area contributed by atoms with Crippen LogP contribution in [-0.2, 0) is 4.79 Å². The van der Waals surface area contributed by atoms with E-state index >= 15 is 0 Å². The van der Waals surface area contributed by atoms with E-state index in [0.29, 0.717) is 26.5 Å². The molecule has 0 saturated carbocycles. The van der Waals surface area contributed by atoms with Crippen LogP contribution in [0.2, 0.25) is 10.0 Å². The number of benzene rings is 2. The molecular weight excluding hydrogens is 605 g/mol. The van der Waals surface area contributed by atoms with E-state index < -0.39 is 47.0 Å². The number of hydrogen-bond donors (Lipinski definition) is 3. The number of hydrogen-bond acceptors (Lipinski definition) is 8. The number of hydroxylamine groups is 2. The monoisotopic (exact) mass is 629 g/mol. The average molecular weight is 630 g/mol. The third-order valence-electron chi connectivity index (χ3n) is 6.35. The predicted molar refractivity (Wildman–Crippen MR) is 159 cm³/mol. The summed E-state index contributed by atoms with van der Waals surface area (Å²) in [6.45, 7) is 2.70. The number of nitrogens with one attached hydrogen (secondary N) is 2. The molecular formula is C27H25Cl2N7O7. The highest BCUT2D eigenvalue weighted by Crippen LogP contribution is 2.38. The zero-order chi connectivity index (χ0) is 31.3. The molecule has 16 heteroatoms. The summed E-state index contributed by atoms with van der Waals surface area (Å²) in [7, 11) is 0. The summed E-state index contributed by atoms with van der Waals surface area (Å²) in [5, 5.41) is 29.4. The maximum Gasteiger partial charge on any atom is 0.433 e. The van der Waals surface area contributed by atoms with E-state index in [1.54, 1.807) is 62.4 Å². The fourth-order valence-corrected chi connectivity index (χ4v) is 4.55. The first-order chi connectivity index (χ1) is 20.4. The molecule has 1 aliphatic rings. The average Bonchev–Trinajstić information content (AvgIpc) is 3.51. The van der Waals surface area contributed by atoms with Gasteiger partial charge in [0.15, 0.2) is 6.17 Å². The number of hydrazone groups is 1. The molecule has 3 aromatic rings. The van der Waals surface area contributed by atoms with Gasteiger partial charge in [0, 0.05) is 27.6 Å². The quantitative estimate of drug-likeness (QED) is 0.120. The topological polar surface area (TPSA) is 174 Å². The normalized spacial score (nSPS) is 16.2. The minimum atomic E-state index is -1.31. The van der Waals surface area contributed by atoms with Crippen LogP contribution < -0.4 is 15.6 Å². The highest BCUT2D eigenvalue weighted by atomic mass is 35.5. The van der Waals surface area contributed by atoms with Crippen molar-refractivity contribution >= 4 is 70.7 Å². The van der Waals surface area contributed by atoms with Gasteiger partial charge in [0.2, 0.25) is 0 Å². The van der Waals surface area contributed by atoms with Crippen LogP contribution in [0.5, 0.6) is 0 Å². The van der Waals surface area contributed by atoms with Crippen LogP contribution in [0.15, 0.2) is 76.3 Å². The van der Waals surface area contributed by atoms with Gasteiger partial charge in [-0.05, 0) is 80.6 Å². The lowest BCUT2D eigenvalue weighted by molar-refractivity contribution is -0.402. The molecule has 224 valence electrons. The third kappa shape index (κ3) is 7.12. The van der Waals surface area contributed by atoms with Crippen molar-refractivity contribution in [1.29, 1.82) is 0 Å². The largest absolute Gasteiger partial charge is 0.433 e. The number of amides is 5. The van der Waals surface area contributed by atoms with Crippen LogP contribution in [0.4, 0.5) is 26.8 Å². The zero-order valence-corrected chi connectivity index (χ0v) is 24.2. The van der Waals surface area contributed by atoms with E-state index in [1.165, 1.54) is 40.3 Å². The molecule has 5 amide bonds. The van der Waals surface area contributed by atoms with Gasteiger partial charge < -0.3 is 14.6 Å². The highest BCUT2D eigenvalue weighted by Gasteiger charge is 2.56. The van der Waals surface area contributed by atoms with Crippen molar-refractivity contribution in [2.45, 2.75) is 25.6 Å². The Morgan fingerprint density at radius 1 is 1.12 bits per heavy atom. The van der Waals surface area contributed by atoms with Gasteiger partial charge in [-0.1, -0.05) is 23.2 Å².